The third-order valence-corrected chi connectivity index (χ3v) is 5.64. The van der Waals surface area contributed by atoms with E-state index in [0.717, 1.165) is 19.4 Å². The number of carbonyl (C=O) groups is 1. The molecule has 0 spiro atoms. The first-order valence-electron chi connectivity index (χ1n) is 9.40. The molecule has 4 nitrogen and oxygen atoms in total. The number of methoxy groups -OCH3 is 1. The van der Waals surface area contributed by atoms with Gasteiger partial charge in [-0.1, -0.05) is 30.3 Å². The van der Waals surface area contributed by atoms with Crippen molar-refractivity contribution in [1.82, 2.24) is 4.90 Å². The number of rotatable bonds is 5. The van der Waals surface area contributed by atoms with Crippen LogP contribution in [0.1, 0.15) is 28.8 Å². The van der Waals surface area contributed by atoms with Crippen molar-refractivity contribution in [2.75, 3.05) is 20.3 Å². The van der Waals surface area contributed by atoms with E-state index in [1.165, 1.54) is 24.8 Å². The molecule has 142 valence electrons. The van der Waals surface area contributed by atoms with Gasteiger partial charge in [-0.05, 0) is 30.5 Å². The van der Waals surface area contributed by atoms with Gasteiger partial charge in [-0.3, -0.25) is 9.69 Å². The molecule has 2 unspecified atom stereocenters. The molecule has 27 heavy (non-hydrogen) atoms. The summed E-state index contributed by atoms with van der Waals surface area (Å²) in [4.78, 5) is 15.5. The quantitative estimate of drug-likeness (QED) is 0.754. The number of carbonyl (C=O) groups excluding carboxylic acids is 1. The lowest BCUT2D eigenvalue weighted by Crippen LogP contribution is -2.57. The van der Waals surface area contributed by atoms with E-state index in [0.29, 0.717) is 24.5 Å². The fourth-order valence-electron chi connectivity index (χ4n) is 4.31. The molecular weight excluding hydrogens is 345 g/mol. The molecule has 0 aliphatic carbocycles. The summed E-state index contributed by atoms with van der Waals surface area (Å²) in [5.74, 6) is -0.169. The normalized spacial score (nSPS) is 25.2. The minimum absolute atomic E-state index is 0.00376. The van der Waals surface area contributed by atoms with Crippen molar-refractivity contribution in [3.63, 3.8) is 0 Å². The highest BCUT2D eigenvalue weighted by Crippen LogP contribution is 2.35. The first-order valence-corrected chi connectivity index (χ1v) is 9.40. The van der Waals surface area contributed by atoms with E-state index in [9.17, 15) is 9.18 Å². The van der Waals surface area contributed by atoms with E-state index < -0.39 is 5.82 Å². The van der Waals surface area contributed by atoms with Crippen LogP contribution in [0.15, 0.2) is 48.5 Å². The molecule has 0 radical (unpaired) electrons. The summed E-state index contributed by atoms with van der Waals surface area (Å²) in [6.07, 6.45) is 1.47. The molecule has 2 atom stereocenters. The topological polar surface area (TPSA) is 38.8 Å². The highest BCUT2D eigenvalue weighted by molar-refractivity contribution is 5.98. The predicted molar refractivity (Wildman–Crippen MR) is 100 cm³/mol. The number of ether oxygens (including phenoxy) is 2. The smallest absolute Gasteiger partial charge is 0.166 e. The lowest BCUT2D eigenvalue weighted by atomic mass is 9.80. The number of halogens is 1. The minimum Gasteiger partial charge on any atom is -0.497 e. The summed E-state index contributed by atoms with van der Waals surface area (Å²) in [5.41, 5.74) is 1.67. The zero-order valence-electron chi connectivity index (χ0n) is 15.4. The molecule has 4 rings (SSSR count). The third kappa shape index (κ3) is 3.89. The largest absolute Gasteiger partial charge is 0.497 e. The number of hydrogen-bond donors (Lipinski definition) is 0. The van der Waals surface area contributed by atoms with Crippen LogP contribution in [0.2, 0.25) is 0 Å². The molecule has 0 saturated carbocycles. The lowest BCUT2D eigenvalue weighted by Gasteiger charge is -2.48. The van der Waals surface area contributed by atoms with E-state index >= 15 is 0 Å². The van der Waals surface area contributed by atoms with Gasteiger partial charge < -0.3 is 9.47 Å². The minimum atomic E-state index is -0.442. The van der Waals surface area contributed by atoms with Crippen LogP contribution in [0, 0.1) is 11.7 Å². The van der Waals surface area contributed by atoms with Gasteiger partial charge in [0, 0.05) is 36.2 Å². The summed E-state index contributed by atoms with van der Waals surface area (Å²) in [7, 11) is 1.48. The first-order chi connectivity index (χ1) is 13.1. The second-order valence-corrected chi connectivity index (χ2v) is 7.42. The van der Waals surface area contributed by atoms with Gasteiger partial charge in [-0.25, -0.2) is 4.39 Å². The Labute approximate surface area is 158 Å². The van der Waals surface area contributed by atoms with E-state index in [1.807, 2.05) is 6.07 Å². The van der Waals surface area contributed by atoms with E-state index in [-0.39, 0.29) is 23.8 Å². The number of benzene rings is 2. The fourth-order valence-corrected chi connectivity index (χ4v) is 4.31. The van der Waals surface area contributed by atoms with E-state index in [2.05, 4.69) is 29.2 Å². The van der Waals surface area contributed by atoms with Gasteiger partial charge in [0.2, 0.25) is 0 Å². The van der Waals surface area contributed by atoms with Crippen LogP contribution in [0.4, 0.5) is 4.39 Å². The second kappa shape index (κ2) is 7.79. The van der Waals surface area contributed by atoms with Crippen molar-refractivity contribution in [2.24, 2.45) is 5.92 Å². The Morgan fingerprint density at radius 3 is 2.52 bits per heavy atom. The molecule has 2 aliphatic rings. The van der Waals surface area contributed by atoms with Gasteiger partial charge in [0.25, 0.3) is 0 Å². The lowest BCUT2D eigenvalue weighted by molar-refractivity contribution is -0.0872. The molecule has 2 fully saturated rings. The molecule has 2 aromatic rings. The number of ketones is 1. The van der Waals surface area contributed by atoms with Gasteiger partial charge in [-0.2, -0.15) is 0 Å². The number of fused-ring (bicyclic) bond motifs is 2. The molecule has 2 bridgehead atoms. The zero-order chi connectivity index (χ0) is 18.8. The van der Waals surface area contributed by atoms with Crippen LogP contribution in [0.3, 0.4) is 0 Å². The maximum atomic E-state index is 13.8. The highest BCUT2D eigenvalue weighted by atomic mass is 19.1. The summed E-state index contributed by atoms with van der Waals surface area (Å²) in [6.45, 7) is 2.15. The number of nitrogens with zero attached hydrogens (tertiary/aromatic N) is 1. The van der Waals surface area contributed by atoms with Crippen molar-refractivity contribution < 1.29 is 18.7 Å². The van der Waals surface area contributed by atoms with Crippen molar-refractivity contribution in [3.8, 4) is 5.75 Å². The molecule has 0 N–H and O–H groups in total. The zero-order valence-corrected chi connectivity index (χ0v) is 15.4. The molecule has 2 aromatic carbocycles. The number of Topliss-reactive ketones (excluding diaryl/α,β-unsaturated/α-hetero) is 1. The monoisotopic (exact) mass is 369 g/mol. The Kier molecular flexibility index (Phi) is 5.23. The van der Waals surface area contributed by atoms with Crippen LogP contribution < -0.4 is 4.74 Å². The number of piperidine rings is 1. The molecular formula is C22H24FNO3. The average Bonchev–Trinajstić information content (AvgIpc) is 2.67. The molecule has 0 aromatic heterocycles. The molecule has 2 aliphatic heterocycles. The molecule has 2 saturated heterocycles. The highest BCUT2D eigenvalue weighted by Gasteiger charge is 2.41. The van der Waals surface area contributed by atoms with Crippen LogP contribution in [0.5, 0.6) is 5.75 Å². The Hall–Kier alpha value is -2.24. The average molecular weight is 369 g/mol. The van der Waals surface area contributed by atoms with Crippen molar-refractivity contribution in [3.05, 3.63) is 65.5 Å². The summed E-state index contributed by atoms with van der Waals surface area (Å²) in [5, 5.41) is 0. The van der Waals surface area contributed by atoms with Crippen LogP contribution in [-0.2, 0) is 11.3 Å². The number of hydrogen-bond acceptors (Lipinski definition) is 4. The van der Waals surface area contributed by atoms with Gasteiger partial charge in [0.1, 0.15) is 11.6 Å². The second-order valence-electron chi connectivity index (χ2n) is 7.42. The molecule has 0 amide bonds. The Bertz CT molecular complexity index is 796. The molecule has 2 heterocycles. The maximum Gasteiger partial charge on any atom is 0.166 e. The summed E-state index contributed by atoms with van der Waals surface area (Å²) < 4.78 is 24.7. The standard InChI is InChI=1S/C22H24FNO3/c1-26-21-10-16(7-18(23)11-21)22(25)17-8-19-13-27-14-20(9-17)24(19)12-15-5-3-2-4-6-15/h2-7,10-11,17,19-20H,8-9,12-14H2,1H3. The van der Waals surface area contributed by atoms with Crippen LogP contribution >= 0.6 is 0 Å². The summed E-state index contributed by atoms with van der Waals surface area (Å²) >= 11 is 0. The van der Waals surface area contributed by atoms with Crippen LogP contribution in [0.25, 0.3) is 0 Å². The Morgan fingerprint density at radius 2 is 1.85 bits per heavy atom. The van der Waals surface area contributed by atoms with Gasteiger partial charge in [0.15, 0.2) is 5.78 Å². The maximum absolute atomic E-state index is 13.8. The van der Waals surface area contributed by atoms with Crippen molar-refractivity contribution >= 4 is 5.78 Å². The van der Waals surface area contributed by atoms with Crippen molar-refractivity contribution in [2.45, 2.75) is 31.5 Å². The van der Waals surface area contributed by atoms with E-state index in [4.69, 9.17) is 9.47 Å². The first kappa shape index (κ1) is 18.1. The predicted octanol–water partition coefficient (Wildman–Crippen LogP) is 3.70. The molecule has 5 heteroatoms. The SMILES string of the molecule is COc1cc(F)cc(C(=O)C2CC3COCC(C2)N3Cc2ccccc2)c1. The van der Waals surface area contributed by atoms with Gasteiger partial charge >= 0.3 is 0 Å². The van der Waals surface area contributed by atoms with Crippen molar-refractivity contribution in [1.29, 1.82) is 0 Å². The van der Waals surface area contributed by atoms with E-state index in [1.54, 1.807) is 6.07 Å². The third-order valence-electron chi connectivity index (χ3n) is 5.64. The Balaban J connectivity index is 1.51. The van der Waals surface area contributed by atoms with Gasteiger partial charge in [0.05, 0.1) is 20.3 Å². The summed E-state index contributed by atoms with van der Waals surface area (Å²) in [6, 6.07) is 15.0. The van der Waals surface area contributed by atoms with Crippen LogP contribution in [-0.4, -0.2) is 43.1 Å². The fraction of sp³-hybridized carbons (Fsp3) is 0.409. The van der Waals surface area contributed by atoms with Gasteiger partial charge in [-0.15, -0.1) is 0 Å². The Morgan fingerprint density at radius 1 is 1.15 bits per heavy atom. The number of morpholine rings is 1.